The summed E-state index contributed by atoms with van der Waals surface area (Å²) in [5.74, 6) is -2.15. The molecule has 0 aromatic rings. The minimum atomic E-state index is -1.23. The minimum absolute atomic E-state index is 0.0972. The molecule has 2 saturated heterocycles. The number of aldehydes is 1. The van der Waals surface area contributed by atoms with Crippen LogP contribution in [-0.4, -0.2) is 41.6 Å². The topological polar surface area (TPSA) is 89.9 Å². The summed E-state index contributed by atoms with van der Waals surface area (Å²) in [4.78, 5) is 38.8. The lowest BCUT2D eigenvalue weighted by Crippen LogP contribution is -2.75. The maximum Gasteiger partial charge on any atom is 0.315 e. The van der Waals surface area contributed by atoms with Gasteiger partial charge in [-0.25, -0.2) is 0 Å². The molecule has 5 fully saturated rings. The first-order chi connectivity index (χ1) is 12.2. The molecule has 0 unspecified atom stereocenters. The summed E-state index contributed by atoms with van der Waals surface area (Å²) in [6.07, 6.45) is 0.745. The van der Waals surface area contributed by atoms with Crippen molar-refractivity contribution in [3.05, 3.63) is 12.2 Å². The first-order valence-corrected chi connectivity index (χ1v) is 9.45. The van der Waals surface area contributed by atoms with Gasteiger partial charge in [0, 0.05) is 5.92 Å². The summed E-state index contributed by atoms with van der Waals surface area (Å²) in [6, 6.07) is 0. The fourth-order valence-corrected chi connectivity index (χ4v) is 7.19. The number of esters is 2. The number of rotatable bonds is 1. The lowest BCUT2D eigenvalue weighted by Gasteiger charge is -2.65. The van der Waals surface area contributed by atoms with Crippen LogP contribution in [0.15, 0.2) is 12.2 Å². The Morgan fingerprint density at radius 1 is 1.27 bits per heavy atom. The highest BCUT2D eigenvalue weighted by Crippen LogP contribution is 2.71. The third kappa shape index (κ3) is 1.50. The molecule has 6 nitrogen and oxygen atoms in total. The molecule has 1 N–H and O–H groups in total. The number of ether oxygens (including phenoxy) is 2. The van der Waals surface area contributed by atoms with Gasteiger partial charge in [0.15, 0.2) is 0 Å². The molecule has 6 heteroatoms. The van der Waals surface area contributed by atoms with E-state index in [4.69, 9.17) is 9.47 Å². The maximum absolute atomic E-state index is 13.1. The first kappa shape index (κ1) is 16.5. The maximum atomic E-state index is 13.1. The summed E-state index contributed by atoms with van der Waals surface area (Å²) in [5, 5.41) is 11.0. The second-order valence-corrected chi connectivity index (χ2v) is 9.58. The summed E-state index contributed by atoms with van der Waals surface area (Å²) < 4.78 is 11.6. The monoisotopic (exact) mass is 360 g/mol. The van der Waals surface area contributed by atoms with Gasteiger partial charge in [-0.05, 0) is 42.6 Å². The lowest BCUT2D eigenvalue weighted by molar-refractivity contribution is -0.280. The van der Waals surface area contributed by atoms with Crippen molar-refractivity contribution < 1.29 is 29.0 Å². The molecular formula is C20H24O6. The Bertz CT molecular complexity index is 755. The van der Waals surface area contributed by atoms with Gasteiger partial charge >= 0.3 is 11.9 Å². The number of aliphatic hydroxyl groups is 1. The van der Waals surface area contributed by atoms with E-state index in [0.29, 0.717) is 31.3 Å². The highest BCUT2D eigenvalue weighted by molar-refractivity contribution is 5.89. The van der Waals surface area contributed by atoms with E-state index in [9.17, 15) is 19.5 Å². The van der Waals surface area contributed by atoms with Gasteiger partial charge < -0.3 is 19.4 Å². The zero-order chi connectivity index (χ0) is 18.6. The fraction of sp³-hybridized carbons (Fsp3) is 0.750. The molecular weight excluding hydrogens is 336 g/mol. The van der Waals surface area contributed by atoms with Crippen LogP contribution in [0.1, 0.15) is 39.5 Å². The van der Waals surface area contributed by atoms with E-state index in [0.717, 1.165) is 6.29 Å². The first-order valence-electron chi connectivity index (χ1n) is 9.45. The van der Waals surface area contributed by atoms with Crippen LogP contribution in [-0.2, 0) is 23.9 Å². The van der Waals surface area contributed by atoms with Crippen LogP contribution in [0, 0.1) is 34.0 Å². The van der Waals surface area contributed by atoms with E-state index in [1.54, 1.807) is 0 Å². The van der Waals surface area contributed by atoms with Gasteiger partial charge in [-0.2, -0.15) is 0 Å². The van der Waals surface area contributed by atoms with Crippen molar-refractivity contribution in [1.82, 2.24) is 0 Å². The predicted molar refractivity (Wildman–Crippen MR) is 88.6 cm³/mol. The van der Waals surface area contributed by atoms with Crippen LogP contribution in [0.5, 0.6) is 0 Å². The number of aliphatic hydroxyl groups excluding tert-OH is 1. The van der Waals surface area contributed by atoms with E-state index in [2.05, 4.69) is 6.58 Å². The summed E-state index contributed by atoms with van der Waals surface area (Å²) in [5.41, 5.74) is -2.21. The summed E-state index contributed by atoms with van der Waals surface area (Å²) in [6.45, 7) is 7.94. The largest absolute Gasteiger partial charge is 0.462 e. The second-order valence-electron chi connectivity index (χ2n) is 9.58. The number of carbonyl (C=O) groups is 3. The molecule has 5 aliphatic rings. The molecule has 0 aromatic carbocycles. The predicted octanol–water partition coefficient (Wildman–Crippen LogP) is 1.40. The van der Waals surface area contributed by atoms with Crippen molar-refractivity contribution in [1.29, 1.82) is 0 Å². The van der Waals surface area contributed by atoms with Crippen LogP contribution in [0.4, 0.5) is 0 Å². The molecule has 3 aliphatic carbocycles. The van der Waals surface area contributed by atoms with Gasteiger partial charge in [0.05, 0.1) is 17.4 Å². The van der Waals surface area contributed by atoms with Gasteiger partial charge in [0.25, 0.3) is 0 Å². The van der Waals surface area contributed by atoms with Crippen LogP contribution in [0.2, 0.25) is 0 Å². The Morgan fingerprint density at radius 2 is 2.00 bits per heavy atom. The van der Waals surface area contributed by atoms with Gasteiger partial charge in [-0.3, -0.25) is 9.59 Å². The molecule has 140 valence electrons. The van der Waals surface area contributed by atoms with E-state index in [1.165, 1.54) is 0 Å². The van der Waals surface area contributed by atoms with Crippen molar-refractivity contribution in [2.45, 2.75) is 57.8 Å². The summed E-state index contributed by atoms with van der Waals surface area (Å²) in [7, 11) is 0. The Labute approximate surface area is 151 Å². The zero-order valence-electron chi connectivity index (χ0n) is 15.1. The third-order valence-electron chi connectivity index (χ3n) is 8.16. The fourth-order valence-electron chi connectivity index (χ4n) is 7.19. The molecule has 5 rings (SSSR count). The van der Waals surface area contributed by atoms with Crippen LogP contribution in [0.3, 0.4) is 0 Å². The third-order valence-corrected chi connectivity index (χ3v) is 8.16. The molecule has 2 heterocycles. The normalized spacial score (nSPS) is 53.4. The molecule has 1 spiro atoms. The number of fused-ring (bicyclic) bond motifs is 1. The van der Waals surface area contributed by atoms with E-state index >= 15 is 0 Å². The smallest absolute Gasteiger partial charge is 0.315 e. The van der Waals surface area contributed by atoms with Crippen LogP contribution >= 0.6 is 0 Å². The molecule has 8 atom stereocenters. The van der Waals surface area contributed by atoms with Crippen molar-refractivity contribution >= 4 is 18.2 Å². The Kier molecular flexibility index (Phi) is 2.91. The van der Waals surface area contributed by atoms with Crippen LogP contribution in [0.25, 0.3) is 0 Å². The molecule has 0 aromatic heterocycles. The van der Waals surface area contributed by atoms with Crippen LogP contribution < -0.4 is 0 Å². The van der Waals surface area contributed by atoms with Crippen molar-refractivity contribution in [2.75, 3.05) is 0 Å². The number of carbonyl (C=O) groups excluding carboxylic acids is 3. The highest BCUT2D eigenvalue weighted by atomic mass is 16.6. The molecule has 0 amide bonds. The average molecular weight is 360 g/mol. The number of hydrogen-bond donors (Lipinski definition) is 1. The average Bonchev–Trinajstić information content (AvgIpc) is 2.77. The second kappa shape index (κ2) is 4.58. The lowest BCUT2D eigenvalue weighted by atomic mass is 9.42. The van der Waals surface area contributed by atoms with Gasteiger partial charge in [0.2, 0.25) is 0 Å². The Balaban J connectivity index is 1.79. The molecule has 2 bridgehead atoms. The van der Waals surface area contributed by atoms with Gasteiger partial charge in [0.1, 0.15) is 23.9 Å². The molecule has 3 saturated carbocycles. The van der Waals surface area contributed by atoms with E-state index < -0.39 is 52.4 Å². The highest BCUT2D eigenvalue weighted by Gasteiger charge is 2.80. The zero-order valence-corrected chi connectivity index (χ0v) is 15.1. The van der Waals surface area contributed by atoms with E-state index in [-0.39, 0.29) is 11.9 Å². The SMILES string of the molecule is C=C1[C@H]2C[C@@H]3OC(=O)[C@@H]4C(C)(C)CC[C@@H]5OC(=O)[C@](C2)([C@@H]1O)[C@@H]3[C@]54C=O. The van der Waals surface area contributed by atoms with Crippen molar-refractivity contribution in [3.63, 3.8) is 0 Å². The standard InChI is InChI=1S/C20H24O6/c1-9-10-6-11-13-19(7-10,15(9)22)17(24)26-12-4-5-18(2,3)14(16(23)25-11)20(12,13)8-21/h8,10-15,22H,1,4-7H2,2-3H3/t10-,11-,12-,13+,14+,15+,19-,20-/m0/s1. The molecule has 2 aliphatic heterocycles. The Hall–Kier alpha value is -1.69. The quantitative estimate of drug-likeness (QED) is 0.432. The molecule has 26 heavy (non-hydrogen) atoms. The molecule has 0 radical (unpaired) electrons. The van der Waals surface area contributed by atoms with Crippen molar-refractivity contribution in [2.24, 2.45) is 34.0 Å². The Morgan fingerprint density at radius 3 is 2.69 bits per heavy atom. The van der Waals surface area contributed by atoms with Gasteiger partial charge in [-0.15, -0.1) is 0 Å². The minimum Gasteiger partial charge on any atom is -0.462 e. The van der Waals surface area contributed by atoms with Gasteiger partial charge in [-0.1, -0.05) is 20.4 Å². The van der Waals surface area contributed by atoms with Crippen molar-refractivity contribution in [3.8, 4) is 0 Å². The summed E-state index contributed by atoms with van der Waals surface area (Å²) >= 11 is 0. The number of hydrogen-bond acceptors (Lipinski definition) is 6. The van der Waals surface area contributed by atoms with E-state index in [1.807, 2.05) is 13.8 Å².